The number of nitrogens with one attached hydrogen (secondary N) is 1. The highest BCUT2D eigenvalue weighted by atomic mass is 32.2. The van der Waals surface area contributed by atoms with Crippen LogP contribution in [-0.2, 0) is 0 Å². The lowest BCUT2D eigenvalue weighted by molar-refractivity contribution is 1.16. The SMILES string of the molecule is c1ccc(Nc2cccc(-c3ccc4c(c3)Sc3ccccc3S4)c2-c2ccc3c(c2)Sc2ccccc2S3)cc1. The Morgan fingerprint density at radius 3 is 1.46 bits per heavy atom. The van der Waals surface area contributed by atoms with Crippen LogP contribution >= 0.6 is 47.0 Å². The van der Waals surface area contributed by atoms with Gasteiger partial charge in [0, 0.05) is 56.1 Å². The maximum absolute atomic E-state index is 3.73. The van der Waals surface area contributed by atoms with Gasteiger partial charge >= 0.3 is 0 Å². The van der Waals surface area contributed by atoms with Gasteiger partial charge in [-0.15, -0.1) is 0 Å². The van der Waals surface area contributed by atoms with Crippen molar-refractivity contribution in [3.63, 3.8) is 0 Å². The summed E-state index contributed by atoms with van der Waals surface area (Å²) in [5, 5.41) is 3.73. The van der Waals surface area contributed by atoms with Gasteiger partial charge in [-0.2, -0.15) is 0 Å². The molecule has 2 aliphatic rings. The Labute approximate surface area is 257 Å². The summed E-state index contributed by atoms with van der Waals surface area (Å²) in [5.41, 5.74) is 7.08. The van der Waals surface area contributed by atoms with E-state index in [1.54, 1.807) is 0 Å². The average Bonchev–Trinajstić information content (AvgIpc) is 3.02. The van der Waals surface area contributed by atoms with Crippen molar-refractivity contribution >= 4 is 58.4 Å². The van der Waals surface area contributed by atoms with Crippen molar-refractivity contribution in [2.24, 2.45) is 0 Å². The van der Waals surface area contributed by atoms with Gasteiger partial charge in [0.15, 0.2) is 0 Å². The molecule has 41 heavy (non-hydrogen) atoms. The van der Waals surface area contributed by atoms with Crippen LogP contribution in [0.4, 0.5) is 11.4 Å². The minimum absolute atomic E-state index is 1.08. The van der Waals surface area contributed by atoms with Crippen LogP contribution in [0.25, 0.3) is 22.3 Å². The number of fused-ring (bicyclic) bond motifs is 4. The smallest absolute Gasteiger partial charge is 0.0470 e. The maximum atomic E-state index is 3.73. The summed E-state index contributed by atoms with van der Waals surface area (Å²) in [5.74, 6) is 0. The first-order valence-corrected chi connectivity index (χ1v) is 16.7. The molecule has 8 rings (SSSR count). The summed E-state index contributed by atoms with van der Waals surface area (Å²) in [6.45, 7) is 0. The molecule has 0 bridgehead atoms. The number of benzene rings is 6. The highest BCUT2D eigenvalue weighted by molar-refractivity contribution is 8.05. The van der Waals surface area contributed by atoms with E-state index in [-0.39, 0.29) is 0 Å². The fourth-order valence-corrected chi connectivity index (χ4v) is 9.77. The Hall–Kier alpha value is -3.48. The van der Waals surface area contributed by atoms with Gasteiger partial charge in [-0.3, -0.25) is 0 Å². The molecule has 0 radical (unpaired) electrons. The van der Waals surface area contributed by atoms with Gasteiger partial charge in [-0.1, -0.05) is 114 Å². The number of anilines is 2. The van der Waals surface area contributed by atoms with Crippen LogP contribution in [0, 0.1) is 0 Å². The molecule has 0 atom stereocenters. The van der Waals surface area contributed by atoms with Gasteiger partial charge in [0.2, 0.25) is 0 Å². The van der Waals surface area contributed by atoms with Crippen molar-refractivity contribution in [2.45, 2.75) is 39.2 Å². The van der Waals surface area contributed by atoms with Gasteiger partial charge < -0.3 is 5.32 Å². The molecule has 1 N–H and O–H groups in total. The van der Waals surface area contributed by atoms with E-state index in [1.807, 2.05) is 47.0 Å². The Morgan fingerprint density at radius 2 is 0.854 bits per heavy atom. The summed E-state index contributed by atoms with van der Waals surface area (Å²) >= 11 is 7.46. The lowest BCUT2D eigenvalue weighted by Crippen LogP contribution is -1.97. The highest BCUT2D eigenvalue weighted by Crippen LogP contribution is 2.52. The van der Waals surface area contributed by atoms with Crippen LogP contribution in [-0.4, -0.2) is 0 Å². The monoisotopic (exact) mass is 597 g/mol. The van der Waals surface area contributed by atoms with E-state index < -0.39 is 0 Å². The van der Waals surface area contributed by atoms with Crippen LogP contribution in [0.3, 0.4) is 0 Å². The van der Waals surface area contributed by atoms with Crippen LogP contribution < -0.4 is 5.32 Å². The van der Waals surface area contributed by atoms with Gasteiger partial charge in [-0.25, -0.2) is 0 Å². The van der Waals surface area contributed by atoms with Crippen molar-refractivity contribution in [3.05, 3.63) is 133 Å². The zero-order chi connectivity index (χ0) is 27.2. The zero-order valence-corrected chi connectivity index (χ0v) is 25.1. The van der Waals surface area contributed by atoms with Crippen LogP contribution in [0.15, 0.2) is 173 Å². The van der Waals surface area contributed by atoms with Crippen LogP contribution in [0.1, 0.15) is 0 Å². The van der Waals surface area contributed by atoms with Crippen molar-refractivity contribution < 1.29 is 0 Å². The predicted molar refractivity (Wildman–Crippen MR) is 176 cm³/mol. The van der Waals surface area contributed by atoms with E-state index >= 15 is 0 Å². The van der Waals surface area contributed by atoms with E-state index in [0.29, 0.717) is 0 Å². The molecule has 0 spiro atoms. The quantitative estimate of drug-likeness (QED) is 0.216. The molecule has 196 valence electrons. The number of hydrogen-bond acceptors (Lipinski definition) is 5. The van der Waals surface area contributed by atoms with Gasteiger partial charge in [-0.05, 0) is 83.4 Å². The number of para-hydroxylation sites is 1. The van der Waals surface area contributed by atoms with Crippen molar-refractivity contribution in [2.75, 3.05) is 5.32 Å². The molecule has 0 amide bonds. The van der Waals surface area contributed by atoms with Crippen molar-refractivity contribution in [1.29, 1.82) is 0 Å². The Kier molecular flexibility index (Phi) is 6.61. The molecule has 0 saturated carbocycles. The first-order valence-electron chi connectivity index (χ1n) is 13.4. The molecular formula is C36H23NS4. The van der Waals surface area contributed by atoms with Crippen molar-refractivity contribution in [3.8, 4) is 22.3 Å². The second-order valence-corrected chi connectivity index (χ2v) is 14.2. The van der Waals surface area contributed by atoms with E-state index in [1.165, 1.54) is 61.4 Å². The molecule has 0 unspecified atom stereocenters. The minimum Gasteiger partial charge on any atom is -0.355 e. The molecule has 2 aliphatic heterocycles. The van der Waals surface area contributed by atoms with Gasteiger partial charge in [0.25, 0.3) is 0 Å². The predicted octanol–water partition coefficient (Wildman–Crippen LogP) is 12.0. The minimum atomic E-state index is 1.08. The topological polar surface area (TPSA) is 12.0 Å². The molecule has 0 aromatic heterocycles. The average molecular weight is 598 g/mol. The number of rotatable bonds is 4. The van der Waals surface area contributed by atoms with E-state index in [0.717, 1.165) is 11.4 Å². The van der Waals surface area contributed by atoms with E-state index in [9.17, 15) is 0 Å². The molecule has 0 aliphatic carbocycles. The maximum Gasteiger partial charge on any atom is 0.0470 e. The first kappa shape index (κ1) is 25.2. The van der Waals surface area contributed by atoms with Crippen LogP contribution in [0.5, 0.6) is 0 Å². The molecule has 1 nitrogen and oxygen atoms in total. The molecule has 6 aromatic rings. The van der Waals surface area contributed by atoms with E-state index in [4.69, 9.17) is 0 Å². The summed E-state index contributed by atoms with van der Waals surface area (Å²) < 4.78 is 0. The number of hydrogen-bond donors (Lipinski definition) is 1. The molecule has 5 heteroatoms. The first-order chi connectivity index (χ1) is 20.3. The lowest BCUT2D eigenvalue weighted by atomic mass is 9.93. The Bertz CT molecular complexity index is 1930. The van der Waals surface area contributed by atoms with Gasteiger partial charge in [0.05, 0.1) is 0 Å². The Morgan fingerprint density at radius 1 is 0.366 bits per heavy atom. The third-order valence-electron chi connectivity index (χ3n) is 7.18. The summed E-state index contributed by atoms with van der Waals surface area (Å²) in [6.07, 6.45) is 0. The lowest BCUT2D eigenvalue weighted by Gasteiger charge is -2.22. The third kappa shape index (κ3) is 4.87. The summed E-state index contributed by atoms with van der Waals surface area (Å²) in [7, 11) is 0. The molecule has 0 saturated heterocycles. The zero-order valence-electron chi connectivity index (χ0n) is 21.8. The normalized spacial score (nSPS) is 13.0. The molecular weight excluding hydrogens is 575 g/mol. The molecule has 6 aromatic carbocycles. The molecule has 0 fully saturated rings. The van der Waals surface area contributed by atoms with Crippen LogP contribution in [0.2, 0.25) is 0 Å². The molecule has 2 heterocycles. The highest BCUT2D eigenvalue weighted by Gasteiger charge is 2.22. The standard InChI is InChI=1S/C36H23NS4/c1-2-9-25(10-3-1)37-27-12-8-11-26(23-17-19-32-34(21-23)40-30-15-6-4-13-28(30)38-32)36(27)24-18-20-33-35(22-24)41-31-16-7-5-14-29(31)39-33/h1-22,37H. The summed E-state index contributed by atoms with van der Waals surface area (Å²) in [4.78, 5) is 10.6. The third-order valence-corrected chi connectivity index (χ3v) is 12.3. The summed E-state index contributed by atoms with van der Waals surface area (Å²) in [6, 6.07) is 48.3. The second-order valence-electron chi connectivity index (χ2n) is 9.84. The second kappa shape index (κ2) is 10.7. The fraction of sp³-hybridized carbons (Fsp3) is 0. The van der Waals surface area contributed by atoms with Gasteiger partial charge in [0.1, 0.15) is 0 Å². The van der Waals surface area contributed by atoms with Crippen molar-refractivity contribution in [1.82, 2.24) is 0 Å². The Balaban J connectivity index is 1.26. The fourth-order valence-electron chi connectivity index (χ4n) is 5.26. The van der Waals surface area contributed by atoms with E-state index in [2.05, 4.69) is 139 Å². The largest absolute Gasteiger partial charge is 0.355 e.